The summed E-state index contributed by atoms with van der Waals surface area (Å²) in [6.07, 6.45) is 0.682. The standard InChI is InChI=1S/C14H21F2NO/c1-11(2)8-13(9-18)17-10-14(15,16)12-6-4-3-5-7-12/h3-7,11,13,17-18H,8-10H2,1-2H3. The number of halogens is 2. The van der Waals surface area contributed by atoms with E-state index in [4.69, 9.17) is 5.11 Å². The summed E-state index contributed by atoms with van der Waals surface area (Å²) in [4.78, 5) is 0. The fraction of sp³-hybridized carbons (Fsp3) is 0.571. The SMILES string of the molecule is CC(C)CC(CO)NCC(F)(F)c1ccccc1. The van der Waals surface area contributed by atoms with Gasteiger partial charge in [0.05, 0.1) is 13.2 Å². The van der Waals surface area contributed by atoms with E-state index in [1.165, 1.54) is 12.1 Å². The van der Waals surface area contributed by atoms with Gasteiger partial charge in [0.15, 0.2) is 0 Å². The number of hydrogen-bond donors (Lipinski definition) is 2. The third kappa shape index (κ3) is 4.70. The van der Waals surface area contributed by atoms with Gasteiger partial charge in [0.25, 0.3) is 5.92 Å². The van der Waals surface area contributed by atoms with Gasteiger partial charge in [0.1, 0.15) is 0 Å². The summed E-state index contributed by atoms with van der Waals surface area (Å²) in [6, 6.07) is 7.46. The molecule has 4 heteroatoms. The quantitative estimate of drug-likeness (QED) is 0.787. The van der Waals surface area contributed by atoms with Crippen LogP contribution < -0.4 is 5.32 Å². The molecule has 0 aliphatic heterocycles. The third-order valence-electron chi connectivity index (χ3n) is 2.79. The van der Waals surface area contributed by atoms with Crippen LogP contribution in [0, 0.1) is 5.92 Å². The van der Waals surface area contributed by atoms with Crippen LogP contribution in [-0.4, -0.2) is 24.3 Å². The second kappa shape index (κ2) is 6.81. The van der Waals surface area contributed by atoms with E-state index in [9.17, 15) is 8.78 Å². The Morgan fingerprint density at radius 2 is 1.83 bits per heavy atom. The molecule has 0 aliphatic carbocycles. The van der Waals surface area contributed by atoms with Gasteiger partial charge in [-0.15, -0.1) is 0 Å². The lowest BCUT2D eigenvalue weighted by Crippen LogP contribution is -2.40. The van der Waals surface area contributed by atoms with E-state index in [1.807, 2.05) is 13.8 Å². The maximum atomic E-state index is 13.8. The Morgan fingerprint density at radius 1 is 1.22 bits per heavy atom. The fourth-order valence-corrected chi connectivity index (χ4v) is 1.85. The third-order valence-corrected chi connectivity index (χ3v) is 2.79. The van der Waals surface area contributed by atoms with E-state index < -0.39 is 12.5 Å². The van der Waals surface area contributed by atoms with Crippen LogP contribution in [0.1, 0.15) is 25.8 Å². The number of rotatable bonds is 7. The molecule has 0 heterocycles. The van der Waals surface area contributed by atoms with Crippen LogP contribution in [0.4, 0.5) is 8.78 Å². The van der Waals surface area contributed by atoms with Crippen LogP contribution in [0.5, 0.6) is 0 Å². The first-order valence-corrected chi connectivity index (χ1v) is 6.23. The molecule has 1 rings (SSSR count). The summed E-state index contributed by atoms with van der Waals surface area (Å²) < 4.78 is 27.7. The Kier molecular flexibility index (Phi) is 5.69. The summed E-state index contributed by atoms with van der Waals surface area (Å²) in [5, 5.41) is 11.9. The molecule has 18 heavy (non-hydrogen) atoms. The monoisotopic (exact) mass is 257 g/mol. The summed E-state index contributed by atoms with van der Waals surface area (Å²) in [6.45, 7) is 3.43. The molecule has 2 nitrogen and oxygen atoms in total. The Morgan fingerprint density at radius 3 is 2.33 bits per heavy atom. The molecule has 0 spiro atoms. The van der Waals surface area contributed by atoms with Crippen molar-refractivity contribution in [2.75, 3.05) is 13.2 Å². The molecule has 1 aromatic carbocycles. The smallest absolute Gasteiger partial charge is 0.285 e. The molecular weight excluding hydrogens is 236 g/mol. The highest BCUT2D eigenvalue weighted by molar-refractivity contribution is 5.20. The molecule has 0 aromatic heterocycles. The molecule has 0 aliphatic rings. The highest BCUT2D eigenvalue weighted by Gasteiger charge is 2.31. The minimum Gasteiger partial charge on any atom is -0.395 e. The van der Waals surface area contributed by atoms with Crippen molar-refractivity contribution in [3.63, 3.8) is 0 Å². The molecule has 1 aromatic rings. The van der Waals surface area contributed by atoms with Crippen LogP contribution in [0.15, 0.2) is 30.3 Å². The Hall–Kier alpha value is -1.00. The molecule has 2 N–H and O–H groups in total. The molecule has 1 atom stereocenters. The predicted octanol–water partition coefficient (Wildman–Crippen LogP) is 2.78. The topological polar surface area (TPSA) is 32.3 Å². The van der Waals surface area contributed by atoms with Gasteiger partial charge >= 0.3 is 0 Å². The molecule has 0 saturated carbocycles. The molecule has 0 amide bonds. The first kappa shape index (κ1) is 15.1. The van der Waals surface area contributed by atoms with Gasteiger partial charge in [-0.25, -0.2) is 0 Å². The van der Waals surface area contributed by atoms with Gasteiger partial charge in [0.2, 0.25) is 0 Å². The van der Waals surface area contributed by atoms with E-state index in [2.05, 4.69) is 5.32 Å². The van der Waals surface area contributed by atoms with E-state index in [1.54, 1.807) is 18.2 Å². The lowest BCUT2D eigenvalue weighted by molar-refractivity contribution is -0.00812. The van der Waals surface area contributed by atoms with Gasteiger partial charge < -0.3 is 10.4 Å². The van der Waals surface area contributed by atoms with Crippen molar-refractivity contribution in [1.82, 2.24) is 5.32 Å². The second-order valence-electron chi connectivity index (χ2n) is 4.96. The van der Waals surface area contributed by atoms with Crippen molar-refractivity contribution in [3.8, 4) is 0 Å². The van der Waals surface area contributed by atoms with Gasteiger partial charge in [0, 0.05) is 11.6 Å². The van der Waals surface area contributed by atoms with Crippen molar-refractivity contribution >= 4 is 0 Å². The van der Waals surface area contributed by atoms with Crippen LogP contribution >= 0.6 is 0 Å². The number of aliphatic hydroxyl groups excluding tert-OH is 1. The number of alkyl halides is 2. The lowest BCUT2D eigenvalue weighted by atomic mass is 10.0. The largest absolute Gasteiger partial charge is 0.395 e. The molecule has 102 valence electrons. The van der Waals surface area contributed by atoms with E-state index in [0.717, 1.165) is 0 Å². The molecule has 0 fully saturated rings. The van der Waals surface area contributed by atoms with Gasteiger partial charge in [-0.2, -0.15) is 8.78 Å². The first-order chi connectivity index (χ1) is 8.45. The summed E-state index contributed by atoms with van der Waals surface area (Å²) >= 11 is 0. The average Bonchev–Trinajstić information content (AvgIpc) is 2.35. The van der Waals surface area contributed by atoms with E-state index in [-0.39, 0.29) is 18.2 Å². The summed E-state index contributed by atoms with van der Waals surface area (Å²) in [7, 11) is 0. The molecular formula is C14H21F2NO. The van der Waals surface area contributed by atoms with Crippen molar-refractivity contribution < 1.29 is 13.9 Å². The van der Waals surface area contributed by atoms with E-state index >= 15 is 0 Å². The number of aliphatic hydroxyl groups is 1. The zero-order valence-corrected chi connectivity index (χ0v) is 10.9. The van der Waals surface area contributed by atoms with Crippen LogP contribution in [-0.2, 0) is 5.92 Å². The second-order valence-corrected chi connectivity index (χ2v) is 4.96. The summed E-state index contributed by atoms with van der Waals surface area (Å²) in [5.74, 6) is -2.55. The van der Waals surface area contributed by atoms with Crippen molar-refractivity contribution in [1.29, 1.82) is 0 Å². The molecule has 1 unspecified atom stereocenters. The van der Waals surface area contributed by atoms with Crippen LogP contribution in [0.2, 0.25) is 0 Å². The van der Waals surface area contributed by atoms with Crippen LogP contribution in [0.25, 0.3) is 0 Å². The molecule has 0 radical (unpaired) electrons. The normalized spacial score (nSPS) is 13.9. The average molecular weight is 257 g/mol. The van der Waals surface area contributed by atoms with Gasteiger partial charge in [-0.05, 0) is 12.3 Å². The number of benzene rings is 1. The van der Waals surface area contributed by atoms with Crippen molar-refractivity contribution in [3.05, 3.63) is 35.9 Å². The predicted molar refractivity (Wildman–Crippen MR) is 68.7 cm³/mol. The zero-order valence-electron chi connectivity index (χ0n) is 10.9. The Balaban J connectivity index is 2.55. The lowest BCUT2D eigenvalue weighted by Gasteiger charge is -2.23. The van der Waals surface area contributed by atoms with Crippen LogP contribution in [0.3, 0.4) is 0 Å². The van der Waals surface area contributed by atoms with Gasteiger partial charge in [-0.1, -0.05) is 44.2 Å². The van der Waals surface area contributed by atoms with Crippen molar-refractivity contribution in [2.24, 2.45) is 5.92 Å². The Bertz CT molecular complexity index is 341. The zero-order chi connectivity index (χ0) is 13.6. The maximum absolute atomic E-state index is 13.8. The fourth-order valence-electron chi connectivity index (χ4n) is 1.85. The minimum atomic E-state index is -2.91. The summed E-state index contributed by atoms with van der Waals surface area (Å²) in [5.41, 5.74) is -0.00117. The number of nitrogens with one attached hydrogen (secondary N) is 1. The highest BCUT2D eigenvalue weighted by atomic mass is 19.3. The first-order valence-electron chi connectivity index (χ1n) is 6.23. The Labute approximate surface area is 107 Å². The minimum absolute atomic E-state index is 0.00117. The molecule has 0 saturated heterocycles. The van der Waals surface area contributed by atoms with E-state index in [0.29, 0.717) is 12.3 Å². The van der Waals surface area contributed by atoms with Crippen molar-refractivity contribution in [2.45, 2.75) is 32.2 Å². The molecule has 0 bridgehead atoms. The highest BCUT2D eigenvalue weighted by Crippen LogP contribution is 2.26. The number of hydrogen-bond acceptors (Lipinski definition) is 2. The maximum Gasteiger partial charge on any atom is 0.285 e. The van der Waals surface area contributed by atoms with Gasteiger partial charge in [-0.3, -0.25) is 0 Å².